The molecular formula is C23H30N2O3. The van der Waals surface area contributed by atoms with Crippen LogP contribution in [0.15, 0.2) is 24.3 Å². The van der Waals surface area contributed by atoms with E-state index in [1.165, 1.54) is 38.5 Å². The van der Waals surface area contributed by atoms with Gasteiger partial charge in [-0.15, -0.1) is 0 Å². The van der Waals surface area contributed by atoms with Crippen LogP contribution in [-0.2, 0) is 9.59 Å². The third-order valence-electron chi connectivity index (χ3n) is 7.67. The number of hydrogen-bond acceptors (Lipinski definition) is 3. The topological polar surface area (TPSA) is 58.6 Å². The van der Waals surface area contributed by atoms with Gasteiger partial charge in [0, 0.05) is 19.5 Å². The number of nitrogens with zero attached hydrogens (tertiary/aromatic N) is 1. The van der Waals surface area contributed by atoms with Crippen LogP contribution in [0.1, 0.15) is 44.9 Å². The van der Waals surface area contributed by atoms with Crippen molar-refractivity contribution in [2.75, 3.05) is 25.1 Å². The number of hydrogen-bond donors (Lipinski definition) is 1. The van der Waals surface area contributed by atoms with E-state index in [-0.39, 0.29) is 24.2 Å². The minimum absolute atomic E-state index is 0.000505. The summed E-state index contributed by atoms with van der Waals surface area (Å²) in [6.07, 6.45) is 8.39. The summed E-state index contributed by atoms with van der Waals surface area (Å²) in [4.78, 5) is 27.2. The van der Waals surface area contributed by atoms with Gasteiger partial charge in [-0.1, -0.05) is 12.1 Å². The lowest BCUT2D eigenvalue weighted by Crippen LogP contribution is -2.51. The first-order chi connectivity index (χ1) is 13.5. The molecule has 6 rings (SSSR count). The number of ether oxygens (including phenoxy) is 1. The van der Waals surface area contributed by atoms with E-state index in [4.69, 9.17) is 4.74 Å². The van der Waals surface area contributed by atoms with Crippen LogP contribution in [0.5, 0.6) is 5.75 Å². The maximum absolute atomic E-state index is 12.9. The van der Waals surface area contributed by atoms with Gasteiger partial charge in [-0.3, -0.25) is 9.59 Å². The number of benzene rings is 1. The second-order valence-corrected chi connectivity index (χ2v) is 9.71. The zero-order valence-electron chi connectivity index (χ0n) is 16.7. The molecule has 2 amide bonds. The Morgan fingerprint density at radius 1 is 1.14 bits per heavy atom. The molecule has 5 heteroatoms. The normalized spacial score (nSPS) is 36.0. The fraction of sp³-hybridized carbons (Fsp3) is 0.652. The zero-order valence-corrected chi connectivity index (χ0v) is 16.7. The Morgan fingerprint density at radius 2 is 1.79 bits per heavy atom. The van der Waals surface area contributed by atoms with E-state index in [1.807, 2.05) is 24.3 Å². The summed E-state index contributed by atoms with van der Waals surface area (Å²) in [6, 6.07) is 7.51. The summed E-state index contributed by atoms with van der Waals surface area (Å²) in [5.41, 5.74) is 1.08. The van der Waals surface area contributed by atoms with Gasteiger partial charge >= 0.3 is 0 Å². The summed E-state index contributed by atoms with van der Waals surface area (Å²) in [5.74, 6) is 3.10. The lowest BCUT2D eigenvalue weighted by molar-refractivity contribution is -0.128. The van der Waals surface area contributed by atoms with E-state index in [2.05, 4.69) is 5.32 Å². The van der Waals surface area contributed by atoms with Crippen molar-refractivity contribution in [3.05, 3.63) is 24.3 Å². The lowest BCUT2D eigenvalue weighted by Gasteiger charge is -2.57. The smallest absolute Gasteiger partial charge is 0.227 e. The average molecular weight is 383 g/mol. The van der Waals surface area contributed by atoms with Crippen LogP contribution in [0.25, 0.3) is 0 Å². The van der Waals surface area contributed by atoms with Gasteiger partial charge in [0.2, 0.25) is 11.8 Å². The fourth-order valence-electron chi connectivity index (χ4n) is 6.89. The summed E-state index contributed by atoms with van der Waals surface area (Å²) in [5, 5.41) is 3.25. The average Bonchev–Trinajstić information content (AvgIpc) is 3.06. The largest absolute Gasteiger partial charge is 0.495 e. The molecule has 5 fully saturated rings. The molecule has 1 heterocycles. The SMILES string of the molecule is COc1ccccc1N1C[C@@H](C(=O)NCC23CC4CC(CC(C4)C2)C3)CC1=O. The fourth-order valence-corrected chi connectivity index (χ4v) is 6.89. The molecule has 0 unspecified atom stereocenters. The van der Waals surface area contributed by atoms with Crippen molar-refractivity contribution < 1.29 is 14.3 Å². The summed E-state index contributed by atoms with van der Waals surface area (Å²) in [6.45, 7) is 1.24. The minimum atomic E-state index is -0.272. The molecule has 0 aromatic heterocycles. The third kappa shape index (κ3) is 3.09. The van der Waals surface area contributed by atoms with Crippen LogP contribution in [0.2, 0.25) is 0 Å². The second-order valence-electron chi connectivity index (χ2n) is 9.71. The van der Waals surface area contributed by atoms with Crippen LogP contribution in [0.4, 0.5) is 5.69 Å². The summed E-state index contributed by atoms with van der Waals surface area (Å²) in [7, 11) is 1.61. The second kappa shape index (κ2) is 6.78. The van der Waals surface area contributed by atoms with E-state index in [1.54, 1.807) is 12.0 Å². The number of carbonyl (C=O) groups is 2. The number of methoxy groups -OCH3 is 1. The van der Waals surface area contributed by atoms with Crippen molar-refractivity contribution in [3.63, 3.8) is 0 Å². The van der Waals surface area contributed by atoms with Gasteiger partial charge in [0.05, 0.1) is 18.7 Å². The quantitative estimate of drug-likeness (QED) is 0.849. The van der Waals surface area contributed by atoms with Crippen LogP contribution in [-0.4, -0.2) is 32.0 Å². The molecule has 1 N–H and O–H groups in total. The molecule has 1 aliphatic heterocycles. The van der Waals surface area contributed by atoms with E-state index < -0.39 is 0 Å². The van der Waals surface area contributed by atoms with Gasteiger partial charge in [-0.2, -0.15) is 0 Å². The number of anilines is 1. The minimum Gasteiger partial charge on any atom is -0.495 e. The molecule has 1 aromatic carbocycles. The highest BCUT2D eigenvalue weighted by atomic mass is 16.5. The molecule has 1 aromatic rings. The third-order valence-corrected chi connectivity index (χ3v) is 7.67. The van der Waals surface area contributed by atoms with Crippen LogP contribution >= 0.6 is 0 Å². The Bertz CT molecular complexity index is 755. The molecule has 5 aliphatic rings. The number of nitrogens with one attached hydrogen (secondary N) is 1. The Hall–Kier alpha value is -2.04. The Labute approximate surface area is 166 Å². The van der Waals surface area contributed by atoms with Crippen LogP contribution < -0.4 is 15.0 Å². The monoisotopic (exact) mass is 382 g/mol. The van der Waals surface area contributed by atoms with Crippen LogP contribution in [0.3, 0.4) is 0 Å². The van der Waals surface area contributed by atoms with Crippen molar-refractivity contribution in [1.82, 2.24) is 5.32 Å². The predicted octanol–water partition coefficient (Wildman–Crippen LogP) is 3.38. The first-order valence-corrected chi connectivity index (χ1v) is 10.8. The first kappa shape index (κ1) is 18.0. The first-order valence-electron chi connectivity index (χ1n) is 10.8. The molecular weight excluding hydrogens is 352 g/mol. The van der Waals surface area contributed by atoms with E-state index in [0.717, 1.165) is 30.0 Å². The van der Waals surface area contributed by atoms with E-state index in [0.29, 0.717) is 17.7 Å². The van der Waals surface area contributed by atoms with Crippen molar-refractivity contribution in [3.8, 4) is 5.75 Å². The molecule has 1 saturated heterocycles. The molecule has 150 valence electrons. The van der Waals surface area contributed by atoms with E-state index in [9.17, 15) is 9.59 Å². The molecule has 5 nitrogen and oxygen atoms in total. The lowest BCUT2D eigenvalue weighted by atomic mass is 9.49. The molecule has 4 bridgehead atoms. The standard InChI is InChI=1S/C23H30N2O3/c1-28-20-5-3-2-4-19(20)25-13-18(9-21(25)26)22(27)24-14-23-10-15-6-16(11-23)8-17(7-15)12-23/h2-5,15-18H,6-14H2,1H3,(H,24,27)/t15?,16?,17?,18-,23?/m0/s1. The van der Waals surface area contributed by atoms with Crippen molar-refractivity contribution >= 4 is 17.5 Å². The van der Waals surface area contributed by atoms with Crippen molar-refractivity contribution in [1.29, 1.82) is 0 Å². The maximum atomic E-state index is 12.9. The van der Waals surface area contributed by atoms with Gasteiger partial charge in [0.1, 0.15) is 5.75 Å². The molecule has 4 aliphatic carbocycles. The van der Waals surface area contributed by atoms with Crippen molar-refractivity contribution in [2.24, 2.45) is 29.1 Å². The number of rotatable bonds is 5. The van der Waals surface area contributed by atoms with Gasteiger partial charge in [0.25, 0.3) is 0 Å². The Kier molecular flexibility index (Phi) is 4.37. The van der Waals surface area contributed by atoms with Crippen LogP contribution in [0, 0.1) is 29.1 Å². The molecule has 4 saturated carbocycles. The highest BCUT2D eigenvalue weighted by Gasteiger charge is 2.51. The number of para-hydroxylation sites is 2. The highest BCUT2D eigenvalue weighted by molar-refractivity contribution is 6.01. The summed E-state index contributed by atoms with van der Waals surface area (Å²) >= 11 is 0. The highest BCUT2D eigenvalue weighted by Crippen LogP contribution is 2.59. The van der Waals surface area contributed by atoms with E-state index >= 15 is 0 Å². The maximum Gasteiger partial charge on any atom is 0.227 e. The van der Waals surface area contributed by atoms with Gasteiger partial charge in [0.15, 0.2) is 0 Å². The molecule has 1 atom stereocenters. The Morgan fingerprint density at radius 3 is 2.43 bits per heavy atom. The molecule has 0 spiro atoms. The number of amides is 2. The van der Waals surface area contributed by atoms with Crippen molar-refractivity contribution in [2.45, 2.75) is 44.9 Å². The number of carbonyl (C=O) groups excluding carboxylic acids is 2. The zero-order chi connectivity index (χ0) is 19.3. The van der Waals surface area contributed by atoms with Gasteiger partial charge < -0.3 is 15.0 Å². The van der Waals surface area contributed by atoms with Gasteiger partial charge in [-0.05, 0) is 73.8 Å². The molecule has 28 heavy (non-hydrogen) atoms. The van der Waals surface area contributed by atoms with Gasteiger partial charge in [-0.25, -0.2) is 0 Å². The predicted molar refractivity (Wildman–Crippen MR) is 107 cm³/mol. The molecule has 0 radical (unpaired) electrons. The Balaban J connectivity index is 1.23. The summed E-state index contributed by atoms with van der Waals surface area (Å²) < 4.78 is 5.39.